The molecule has 2 aliphatic rings. The summed E-state index contributed by atoms with van der Waals surface area (Å²) >= 11 is 1.20. The topological polar surface area (TPSA) is 84.7 Å². The SMILES string of the molecule is Cn1nc(C(=O)N2CCOCC2)c2c1CCN(S(=O)(=O)c1cccs1)C2. The second-order valence-electron chi connectivity index (χ2n) is 6.32. The smallest absolute Gasteiger partial charge is 0.274 e. The highest BCUT2D eigenvalue weighted by atomic mass is 32.2. The van der Waals surface area contributed by atoms with Crippen LogP contribution in [0.25, 0.3) is 0 Å². The van der Waals surface area contributed by atoms with E-state index in [-0.39, 0.29) is 12.5 Å². The van der Waals surface area contributed by atoms with Gasteiger partial charge in [0.2, 0.25) is 0 Å². The Balaban J connectivity index is 1.65. The lowest BCUT2D eigenvalue weighted by atomic mass is 10.1. The molecule has 0 bridgehead atoms. The van der Waals surface area contributed by atoms with Crippen LogP contribution in [0.2, 0.25) is 0 Å². The van der Waals surface area contributed by atoms with E-state index in [1.807, 2.05) is 0 Å². The summed E-state index contributed by atoms with van der Waals surface area (Å²) in [5.41, 5.74) is 2.00. The van der Waals surface area contributed by atoms with Crippen molar-refractivity contribution >= 4 is 27.3 Å². The van der Waals surface area contributed by atoms with Gasteiger partial charge in [-0.2, -0.15) is 9.40 Å². The third-order valence-corrected chi connectivity index (χ3v) is 8.02. The average Bonchev–Trinajstić information content (AvgIpc) is 3.31. The van der Waals surface area contributed by atoms with Crippen LogP contribution in [-0.4, -0.2) is 66.2 Å². The maximum atomic E-state index is 12.9. The van der Waals surface area contributed by atoms with E-state index in [4.69, 9.17) is 4.74 Å². The predicted molar refractivity (Wildman–Crippen MR) is 95.5 cm³/mol. The molecule has 8 nitrogen and oxygen atoms in total. The number of aryl methyl sites for hydroxylation is 1. The highest BCUT2D eigenvalue weighted by Gasteiger charge is 2.35. The average molecular weight is 396 g/mol. The minimum atomic E-state index is -3.55. The van der Waals surface area contributed by atoms with Crippen LogP contribution in [0.3, 0.4) is 0 Å². The Morgan fingerprint density at radius 1 is 1.27 bits per heavy atom. The quantitative estimate of drug-likeness (QED) is 0.763. The Morgan fingerprint density at radius 2 is 2.04 bits per heavy atom. The first-order valence-electron chi connectivity index (χ1n) is 8.44. The number of rotatable bonds is 3. The van der Waals surface area contributed by atoms with Crippen molar-refractivity contribution in [2.24, 2.45) is 7.05 Å². The molecule has 4 rings (SSSR count). The summed E-state index contributed by atoms with van der Waals surface area (Å²) < 4.78 is 34.5. The fourth-order valence-electron chi connectivity index (χ4n) is 3.40. The second-order valence-corrected chi connectivity index (χ2v) is 9.44. The highest BCUT2D eigenvalue weighted by Crippen LogP contribution is 2.29. The van der Waals surface area contributed by atoms with E-state index in [1.54, 1.807) is 34.1 Å². The van der Waals surface area contributed by atoms with Crippen LogP contribution in [0.4, 0.5) is 0 Å². The third-order valence-electron chi connectivity index (χ3n) is 4.80. The van der Waals surface area contributed by atoms with Gasteiger partial charge in [0.1, 0.15) is 4.21 Å². The Labute approximate surface area is 156 Å². The monoisotopic (exact) mass is 396 g/mol. The van der Waals surface area contributed by atoms with Crippen LogP contribution >= 0.6 is 11.3 Å². The third kappa shape index (κ3) is 2.96. The van der Waals surface area contributed by atoms with Crippen molar-refractivity contribution in [3.63, 3.8) is 0 Å². The van der Waals surface area contributed by atoms with Gasteiger partial charge in [-0.15, -0.1) is 11.3 Å². The minimum Gasteiger partial charge on any atom is -0.378 e. The van der Waals surface area contributed by atoms with Gasteiger partial charge in [-0.3, -0.25) is 9.48 Å². The molecule has 140 valence electrons. The molecule has 0 N–H and O–H groups in total. The van der Waals surface area contributed by atoms with Crippen LogP contribution in [-0.2, 0) is 34.8 Å². The number of morpholine rings is 1. The number of carbonyl (C=O) groups is 1. The molecule has 0 saturated carbocycles. The molecular formula is C16H20N4O4S2. The van der Waals surface area contributed by atoms with Crippen LogP contribution in [0, 0.1) is 0 Å². The number of ether oxygens (including phenoxy) is 1. The molecule has 1 amide bonds. The maximum absolute atomic E-state index is 12.9. The molecular weight excluding hydrogens is 376 g/mol. The van der Waals surface area contributed by atoms with E-state index < -0.39 is 10.0 Å². The van der Waals surface area contributed by atoms with Gasteiger partial charge in [-0.05, 0) is 11.4 Å². The number of amides is 1. The Bertz CT molecular complexity index is 914. The van der Waals surface area contributed by atoms with Crippen molar-refractivity contribution in [2.45, 2.75) is 17.2 Å². The molecule has 1 saturated heterocycles. The second kappa shape index (κ2) is 6.76. The van der Waals surface area contributed by atoms with Gasteiger partial charge in [0.15, 0.2) is 5.69 Å². The van der Waals surface area contributed by atoms with Crippen molar-refractivity contribution in [1.82, 2.24) is 19.0 Å². The first kappa shape index (κ1) is 17.7. The standard InChI is InChI=1S/C16H20N4O4S2/c1-18-13-4-5-20(26(22,23)14-3-2-10-25-14)11-12(13)15(17-18)16(21)19-6-8-24-9-7-19/h2-3,10H,4-9,11H2,1H3. The van der Waals surface area contributed by atoms with Gasteiger partial charge in [-0.1, -0.05) is 6.07 Å². The predicted octanol–water partition coefficient (Wildman–Crippen LogP) is 0.701. The molecule has 0 unspecified atom stereocenters. The van der Waals surface area contributed by atoms with E-state index in [0.717, 1.165) is 11.3 Å². The van der Waals surface area contributed by atoms with Crippen LogP contribution in [0.1, 0.15) is 21.7 Å². The Kier molecular flexibility index (Phi) is 4.59. The maximum Gasteiger partial charge on any atom is 0.274 e. The first-order valence-corrected chi connectivity index (χ1v) is 10.8. The van der Waals surface area contributed by atoms with Crippen molar-refractivity contribution in [1.29, 1.82) is 0 Å². The number of sulfonamides is 1. The fraction of sp³-hybridized carbons (Fsp3) is 0.500. The lowest BCUT2D eigenvalue weighted by molar-refractivity contribution is 0.0297. The number of carbonyl (C=O) groups excluding carboxylic acids is 1. The summed E-state index contributed by atoms with van der Waals surface area (Å²) in [4.78, 5) is 14.6. The van der Waals surface area contributed by atoms with Gasteiger partial charge in [0.25, 0.3) is 15.9 Å². The number of hydrogen-bond donors (Lipinski definition) is 0. The largest absolute Gasteiger partial charge is 0.378 e. The number of hydrogen-bond acceptors (Lipinski definition) is 6. The normalized spacial score (nSPS) is 18.7. The summed E-state index contributed by atoms with van der Waals surface area (Å²) in [5.74, 6) is -0.152. The number of fused-ring (bicyclic) bond motifs is 1. The molecule has 0 spiro atoms. The number of aromatic nitrogens is 2. The van der Waals surface area contributed by atoms with Crippen molar-refractivity contribution in [3.05, 3.63) is 34.5 Å². The molecule has 2 aliphatic heterocycles. The van der Waals surface area contributed by atoms with Gasteiger partial charge >= 0.3 is 0 Å². The van der Waals surface area contributed by atoms with E-state index in [9.17, 15) is 13.2 Å². The summed E-state index contributed by atoms with van der Waals surface area (Å²) in [6.45, 7) is 2.65. The summed E-state index contributed by atoms with van der Waals surface area (Å²) in [5, 5.41) is 6.16. The lowest BCUT2D eigenvalue weighted by Gasteiger charge is -2.28. The fourth-order valence-corrected chi connectivity index (χ4v) is 5.95. The summed E-state index contributed by atoms with van der Waals surface area (Å²) in [7, 11) is -1.75. The minimum absolute atomic E-state index is 0.152. The number of nitrogens with zero attached hydrogens (tertiary/aromatic N) is 4. The molecule has 26 heavy (non-hydrogen) atoms. The number of thiophene rings is 1. The Morgan fingerprint density at radius 3 is 2.73 bits per heavy atom. The zero-order valence-corrected chi connectivity index (χ0v) is 16.1. The summed E-state index contributed by atoms with van der Waals surface area (Å²) in [6, 6.07) is 3.34. The molecule has 1 fully saturated rings. The van der Waals surface area contributed by atoms with Crippen LogP contribution in [0.15, 0.2) is 21.7 Å². The molecule has 0 aliphatic carbocycles. The van der Waals surface area contributed by atoms with Crippen molar-refractivity contribution in [3.8, 4) is 0 Å². The van der Waals surface area contributed by atoms with E-state index in [0.29, 0.717) is 49.2 Å². The van der Waals surface area contributed by atoms with Gasteiger partial charge < -0.3 is 9.64 Å². The van der Waals surface area contributed by atoms with E-state index >= 15 is 0 Å². The molecule has 0 aromatic carbocycles. The first-order chi connectivity index (χ1) is 12.5. The van der Waals surface area contributed by atoms with Gasteiger partial charge in [-0.25, -0.2) is 8.42 Å². The molecule has 2 aromatic heterocycles. The molecule has 4 heterocycles. The molecule has 0 atom stereocenters. The van der Waals surface area contributed by atoms with Crippen LogP contribution < -0.4 is 0 Å². The zero-order chi connectivity index (χ0) is 18.3. The van der Waals surface area contributed by atoms with Crippen molar-refractivity contribution in [2.75, 3.05) is 32.8 Å². The van der Waals surface area contributed by atoms with E-state index in [2.05, 4.69) is 5.10 Å². The summed E-state index contributed by atoms with van der Waals surface area (Å²) in [6.07, 6.45) is 0.541. The highest BCUT2D eigenvalue weighted by molar-refractivity contribution is 7.91. The van der Waals surface area contributed by atoms with Crippen LogP contribution in [0.5, 0.6) is 0 Å². The zero-order valence-electron chi connectivity index (χ0n) is 14.4. The molecule has 0 radical (unpaired) electrons. The van der Waals surface area contributed by atoms with E-state index in [1.165, 1.54) is 15.6 Å². The van der Waals surface area contributed by atoms with Crippen molar-refractivity contribution < 1.29 is 17.9 Å². The molecule has 2 aromatic rings. The van der Waals surface area contributed by atoms with Gasteiger partial charge in [0.05, 0.1) is 13.2 Å². The molecule has 10 heteroatoms. The Hall–Kier alpha value is -1.75. The lowest BCUT2D eigenvalue weighted by Crippen LogP contribution is -2.42. The van der Waals surface area contributed by atoms with Gasteiger partial charge in [0, 0.05) is 50.9 Å².